The van der Waals surface area contributed by atoms with Crippen molar-refractivity contribution in [3.05, 3.63) is 69.4 Å². The second-order valence-corrected chi connectivity index (χ2v) is 10.6. The summed E-state index contributed by atoms with van der Waals surface area (Å²) in [6, 6.07) is 8.81. The fraction of sp³-hybridized carbons (Fsp3) is 0.333. The Morgan fingerprint density at radius 3 is 2.83 bits per heavy atom. The quantitative estimate of drug-likeness (QED) is 0.193. The number of ketones is 1. The Balaban J connectivity index is 1.47. The minimum Gasteiger partial charge on any atom is -0.390 e. The number of hydrogen-bond acceptors (Lipinski definition) is 10. The number of hydrogen-bond donors (Lipinski definition) is 4. The minimum absolute atomic E-state index is 0.137. The van der Waals surface area contributed by atoms with Crippen LogP contribution in [0.5, 0.6) is 0 Å². The van der Waals surface area contributed by atoms with E-state index in [4.69, 9.17) is 5.14 Å². The van der Waals surface area contributed by atoms with Gasteiger partial charge in [0.1, 0.15) is 23.9 Å². The number of anilines is 1. The minimum atomic E-state index is -4.19. The van der Waals surface area contributed by atoms with Crippen LogP contribution in [0, 0.1) is 9.49 Å². The van der Waals surface area contributed by atoms with Crippen LogP contribution in [0.3, 0.4) is 0 Å². The van der Waals surface area contributed by atoms with Gasteiger partial charge < -0.3 is 15.5 Å². The highest BCUT2D eigenvalue weighted by Gasteiger charge is 2.42. The Bertz CT molecular complexity index is 1320. The van der Waals surface area contributed by atoms with E-state index in [9.17, 15) is 23.4 Å². The standard InChI is InChI=1S/C21H23IN6O6S/c22-14-3-1-2-12(6-14)9-28-5-4-16(27-28)19(30)15-8-24-11-25-21(15)26-17-7-13(18(29)20(17)31)10-34-35(23,32)33/h1-6,8,11,13,17-18,20,29,31H,7,9-10H2,(H2,23,32,33)(H,24,25,26)/t13-,17-,18-,20+/m1/s1. The molecule has 2 aromatic heterocycles. The van der Waals surface area contributed by atoms with Crippen LogP contribution in [-0.4, -0.2) is 69.0 Å². The zero-order valence-corrected chi connectivity index (χ0v) is 21.2. The van der Waals surface area contributed by atoms with E-state index in [0.29, 0.717) is 6.54 Å². The lowest BCUT2D eigenvalue weighted by atomic mass is 10.1. The molecule has 2 heterocycles. The van der Waals surface area contributed by atoms with Crippen LogP contribution in [0.4, 0.5) is 5.82 Å². The summed E-state index contributed by atoms with van der Waals surface area (Å²) in [4.78, 5) is 21.2. The monoisotopic (exact) mass is 614 g/mol. The molecule has 186 valence electrons. The predicted molar refractivity (Wildman–Crippen MR) is 133 cm³/mol. The number of carbonyl (C=O) groups excluding carboxylic acids is 1. The Morgan fingerprint density at radius 1 is 1.29 bits per heavy atom. The summed E-state index contributed by atoms with van der Waals surface area (Å²) in [5.74, 6) is -0.961. The molecule has 0 aliphatic heterocycles. The van der Waals surface area contributed by atoms with Crippen molar-refractivity contribution in [3.63, 3.8) is 0 Å². The van der Waals surface area contributed by atoms with E-state index in [-0.39, 0.29) is 30.1 Å². The van der Waals surface area contributed by atoms with E-state index in [2.05, 4.69) is 47.2 Å². The van der Waals surface area contributed by atoms with E-state index in [0.717, 1.165) is 9.13 Å². The Hall–Kier alpha value is -2.50. The third kappa shape index (κ3) is 6.39. The van der Waals surface area contributed by atoms with Gasteiger partial charge in [0.05, 0.1) is 30.9 Å². The molecule has 5 N–H and O–H groups in total. The molecule has 0 bridgehead atoms. The van der Waals surface area contributed by atoms with Crippen molar-refractivity contribution in [1.29, 1.82) is 0 Å². The lowest BCUT2D eigenvalue weighted by molar-refractivity contribution is 0.00778. The Kier molecular flexibility index (Phi) is 7.77. The third-order valence-electron chi connectivity index (χ3n) is 5.63. The number of aliphatic hydroxyl groups excluding tert-OH is 2. The van der Waals surface area contributed by atoms with Gasteiger partial charge in [-0.2, -0.15) is 13.5 Å². The maximum Gasteiger partial charge on any atom is 0.333 e. The van der Waals surface area contributed by atoms with Gasteiger partial charge in [0.2, 0.25) is 5.78 Å². The van der Waals surface area contributed by atoms with Crippen molar-refractivity contribution in [1.82, 2.24) is 19.7 Å². The molecule has 14 heteroatoms. The molecule has 0 unspecified atom stereocenters. The number of rotatable bonds is 9. The number of nitrogens with one attached hydrogen (secondary N) is 1. The maximum atomic E-state index is 13.2. The van der Waals surface area contributed by atoms with E-state index >= 15 is 0 Å². The summed E-state index contributed by atoms with van der Waals surface area (Å²) in [7, 11) is -4.19. The van der Waals surface area contributed by atoms with Crippen molar-refractivity contribution in [2.24, 2.45) is 11.1 Å². The first-order chi connectivity index (χ1) is 16.6. The van der Waals surface area contributed by atoms with Crippen molar-refractivity contribution in [2.75, 3.05) is 11.9 Å². The Morgan fingerprint density at radius 2 is 2.09 bits per heavy atom. The normalized spacial score (nSPS) is 22.3. The summed E-state index contributed by atoms with van der Waals surface area (Å²) in [6.07, 6.45) is 1.93. The fourth-order valence-corrected chi connectivity index (χ4v) is 4.90. The summed E-state index contributed by atoms with van der Waals surface area (Å²) in [5, 5.41) is 32.9. The van der Waals surface area contributed by atoms with Crippen molar-refractivity contribution < 1.29 is 27.6 Å². The molecule has 35 heavy (non-hydrogen) atoms. The molecule has 0 spiro atoms. The first kappa shape index (κ1) is 25.6. The average molecular weight is 614 g/mol. The van der Waals surface area contributed by atoms with Crippen LogP contribution in [0.25, 0.3) is 0 Å². The van der Waals surface area contributed by atoms with Crippen LogP contribution in [0.2, 0.25) is 0 Å². The van der Waals surface area contributed by atoms with Gasteiger partial charge in [-0.05, 0) is 52.8 Å². The summed E-state index contributed by atoms with van der Waals surface area (Å²) in [5.41, 5.74) is 1.37. The number of nitrogens with zero attached hydrogens (tertiary/aromatic N) is 4. The molecule has 3 aromatic rings. The van der Waals surface area contributed by atoms with Crippen LogP contribution in [0.15, 0.2) is 49.1 Å². The van der Waals surface area contributed by atoms with Crippen LogP contribution in [0.1, 0.15) is 28.0 Å². The highest BCUT2D eigenvalue weighted by Crippen LogP contribution is 2.30. The molecule has 0 radical (unpaired) electrons. The maximum absolute atomic E-state index is 13.2. The summed E-state index contributed by atoms with van der Waals surface area (Å²) in [6.45, 7) is 0.108. The molecular weight excluding hydrogens is 591 g/mol. The lowest BCUT2D eigenvalue weighted by Crippen LogP contribution is -2.36. The lowest BCUT2D eigenvalue weighted by Gasteiger charge is -2.19. The van der Waals surface area contributed by atoms with Crippen LogP contribution in [-0.2, 0) is 21.0 Å². The number of carbonyl (C=O) groups is 1. The molecule has 1 aliphatic rings. The van der Waals surface area contributed by atoms with E-state index in [1.807, 2.05) is 24.3 Å². The Labute approximate surface area is 214 Å². The first-order valence-electron chi connectivity index (χ1n) is 10.5. The fourth-order valence-electron chi connectivity index (χ4n) is 3.93. The van der Waals surface area contributed by atoms with Crippen molar-refractivity contribution in [3.8, 4) is 0 Å². The van der Waals surface area contributed by atoms with Crippen molar-refractivity contribution >= 4 is 44.5 Å². The zero-order chi connectivity index (χ0) is 25.2. The van der Waals surface area contributed by atoms with Crippen LogP contribution >= 0.6 is 22.6 Å². The molecule has 1 aromatic carbocycles. The molecule has 1 aliphatic carbocycles. The van der Waals surface area contributed by atoms with Gasteiger partial charge in [-0.25, -0.2) is 15.1 Å². The number of aromatic nitrogens is 4. The molecule has 12 nitrogen and oxygen atoms in total. The second kappa shape index (κ2) is 10.6. The molecule has 0 amide bonds. The van der Waals surface area contributed by atoms with Gasteiger partial charge >= 0.3 is 10.3 Å². The average Bonchev–Trinajstić information content (AvgIpc) is 3.37. The third-order valence-corrected chi connectivity index (χ3v) is 6.77. The van der Waals surface area contributed by atoms with E-state index in [1.165, 1.54) is 12.5 Å². The molecule has 1 fully saturated rings. The molecule has 0 saturated heterocycles. The molecular formula is C21H23IN6O6S. The summed E-state index contributed by atoms with van der Waals surface area (Å²) >= 11 is 2.23. The first-order valence-corrected chi connectivity index (χ1v) is 13.1. The molecule has 1 saturated carbocycles. The van der Waals surface area contributed by atoms with Crippen molar-refractivity contribution in [2.45, 2.75) is 31.2 Å². The van der Waals surface area contributed by atoms with Gasteiger partial charge in [-0.1, -0.05) is 12.1 Å². The van der Waals surface area contributed by atoms with Gasteiger partial charge in [0.15, 0.2) is 0 Å². The highest BCUT2D eigenvalue weighted by atomic mass is 127. The number of aliphatic hydroxyl groups is 2. The van der Waals surface area contributed by atoms with Gasteiger partial charge in [0.25, 0.3) is 0 Å². The molecule has 4 atom stereocenters. The SMILES string of the molecule is NS(=O)(=O)OC[C@H]1C[C@@H](Nc2ncncc2C(=O)c2ccn(Cc3cccc(I)c3)n2)[C@H](O)[C@@H]1O. The number of benzene rings is 1. The summed E-state index contributed by atoms with van der Waals surface area (Å²) < 4.78 is 29.4. The second-order valence-electron chi connectivity index (χ2n) is 8.15. The van der Waals surface area contributed by atoms with Gasteiger partial charge in [0, 0.05) is 21.9 Å². The van der Waals surface area contributed by atoms with E-state index in [1.54, 1.807) is 16.9 Å². The largest absolute Gasteiger partial charge is 0.390 e. The topological polar surface area (TPSA) is 183 Å². The number of halogens is 1. The molecule has 4 rings (SSSR count). The van der Waals surface area contributed by atoms with Gasteiger partial charge in [-0.3, -0.25) is 13.7 Å². The predicted octanol–water partition coefficient (Wildman–Crippen LogP) is 0.299. The highest BCUT2D eigenvalue weighted by molar-refractivity contribution is 14.1. The smallest absolute Gasteiger partial charge is 0.333 e. The zero-order valence-electron chi connectivity index (χ0n) is 18.2. The van der Waals surface area contributed by atoms with Gasteiger partial charge in [-0.15, -0.1) is 0 Å². The van der Waals surface area contributed by atoms with E-state index < -0.39 is 40.3 Å². The number of nitrogens with two attached hydrogens (primary N) is 1. The van der Waals surface area contributed by atoms with Crippen LogP contribution < -0.4 is 10.5 Å².